The molecule has 0 spiro atoms. The van der Waals surface area contributed by atoms with Crippen molar-refractivity contribution < 1.29 is 24.3 Å². The lowest BCUT2D eigenvalue weighted by molar-refractivity contribution is -0.122. The van der Waals surface area contributed by atoms with Crippen LogP contribution in [0.2, 0.25) is 0 Å². The summed E-state index contributed by atoms with van der Waals surface area (Å²) in [4.78, 5) is 50.7. The summed E-state index contributed by atoms with van der Waals surface area (Å²) >= 11 is 7.15. The number of nitrogens with zero attached hydrogens (tertiary/aromatic N) is 1. The van der Waals surface area contributed by atoms with Crippen molar-refractivity contribution in [2.45, 2.75) is 22.5 Å². The minimum absolute atomic E-state index is 0.125. The molecule has 3 amide bonds. The maximum absolute atomic E-state index is 12.9. The number of hydrogen-bond donors (Lipinski definition) is 2. The normalized spacial score (nSPS) is 25.3. The Labute approximate surface area is 195 Å². The van der Waals surface area contributed by atoms with E-state index >= 15 is 0 Å². The van der Waals surface area contributed by atoms with Crippen molar-refractivity contribution in [3.05, 3.63) is 59.7 Å². The highest BCUT2D eigenvalue weighted by Gasteiger charge is 2.52. The van der Waals surface area contributed by atoms with Gasteiger partial charge >= 0.3 is 5.97 Å². The van der Waals surface area contributed by atoms with Crippen molar-refractivity contribution in [2.24, 2.45) is 11.8 Å². The second kappa shape index (κ2) is 8.55. The van der Waals surface area contributed by atoms with Crippen LogP contribution in [0.25, 0.3) is 0 Å². The zero-order chi connectivity index (χ0) is 22.3. The lowest BCUT2D eigenvalue weighted by Gasteiger charge is -2.29. The van der Waals surface area contributed by atoms with Crippen LogP contribution in [0.1, 0.15) is 33.6 Å². The van der Waals surface area contributed by atoms with E-state index in [2.05, 4.69) is 37.2 Å². The molecule has 1 aliphatic carbocycles. The highest BCUT2D eigenvalue weighted by atomic mass is 79.9. The Kier molecular flexibility index (Phi) is 5.98. The maximum Gasteiger partial charge on any atom is 0.335 e. The van der Waals surface area contributed by atoms with E-state index in [1.54, 1.807) is 24.3 Å². The second-order valence-electron chi connectivity index (χ2n) is 7.61. The molecule has 4 atom stereocenters. The van der Waals surface area contributed by atoms with Gasteiger partial charge in [0.2, 0.25) is 11.8 Å². The molecule has 4 rings (SSSR count). The number of aromatic carboxylic acids is 1. The van der Waals surface area contributed by atoms with Gasteiger partial charge in [-0.05, 0) is 61.4 Å². The number of alkyl halides is 2. The quantitative estimate of drug-likeness (QED) is 0.442. The first kappa shape index (κ1) is 21.7. The highest BCUT2D eigenvalue weighted by molar-refractivity contribution is 9.12. The Morgan fingerprint density at radius 3 is 1.81 bits per heavy atom. The smallest absolute Gasteiger partial charge is 0.335 e. The zero-order valence-electron chi connectivity index (χ0n) is 16.1. The minimum atomic E-state index is -1.04. The number of rotatable bonds is 4. The molecular formula is C22H18Br2N2O5. The number of hydrogen-bond acceptors (Lipinski definition) is 4. The number of carbonyl (C=O) groups excluding carboxylic acids is 3. The predicted molar refractivity (Wildman–Crippen MR) is 122 cm³/mol. The molecule has 1 heterocycles. The summed E-state index contributed by atoms with van der Waals surface area (Å²) in [5.74, 6) is -2.49. The van der Waals surface area contributed by atoms with E-state index in [0.717, 1.165) is 0 Å². The number of imide groups is 1. The van der Waals surface area contributed by atoms with Gasteiger partial charge in [-0.25, -0.2) is 4.79 Å². The van der Waals surface area contributed by atoms with Gasteiger partial charge in [-0.3, -0.25) is 19.3 Å². The molecule has 0 radical (unpaired) electrons. The summed E-state index contributed by atoms with van der Waals surface area (Å²) in [6.45, 7) is 0. The Morgan fingerprint density at radius 2 is 1.32 bits per heavy atom. The van der Waals surface area contributed by atoms with Crippen LogP contribution < -0.4 is 10.2 Å². The molecule has 0 bridgehead atoms. The van der Waals surface area contributed by atoms with Crippen LogP contribution >= 0.6 is 31.9 Å². The van der Waals surface area contributed by atoms with Gasteiger partial charge in [0.25, 0.3) is 5.91 Å². The Hall–Kier alpha value is -2.52. The first-order chi connectivity index (χ1) is 14.8. The molecule has 2 aromatic rings. The Bertz CT molecular complexity index is 1030. The number of halogens is 2. The molecular weight excluding hydrogens is 532 g/mol. The van der Waals surface area contributed by atoms with Gasteiger partial charge in [0, 0.05) is 20.9 Å². The van der Waals surface area contributed by atoms with Crippen molar-refractivity contribution in [2.75, 3.05) is 10.2 Å². The van der Waals surface area contributed by atoms with Crippen LogP contribution in [0.3, 0.4) is 0 Å². The van der Waals surface area contributed by atoms with Gasteiger partial charge in [-0.2, -0.15) is 0 Å². The standard InChI is InChI=1S/C22H18Br2N2O5/c23-17-9-15-16(10-18(17)24)21(29)26(20(15)28)14-7-3-11(4-8-14)19(27)25-13-5-1-12(2-6-13)22(30)31/h1-8,15-18H,9-10H2,(H,25,27)(H,30,31)/t15-,16+,17-,18-/m0/s1. The van der Waals surface area contributed by atoms with Crippen molar-refractivity contribution in [1.82, 2.24) is 0 Å². The fraction of sp³-hybridized carbons (Fsp3) is 0.273. The van der Waals surface area contributed by atoms with Gasteiger partial charge < -0.3 is 10.4 Å². The number of benzene rings is 2. The van der Waals surface area contributed by atoms with Crippen molar-refractivity contribution in [1.29, 1.82) is 0 Å². The molecule has 1 saturated carbocycles. The number of anilines is 2. The first-order valence-corrected chi connectivity index (χ1v) is 11.5. The highest BCUT2D eigenvalue weighted by Crippen LogP contribution is 2.44. The Morgan fingerprint density at radius 1 is 0.839 bits per heavy atom. The number of nitrogens with one attached hydrogen (secondary N) is 1. The molecule has 0 aromatic heterocycles. The SMILES string of the molecule is O=C(O)c1ccc(NC(=O)c2ccc(N3C(=O)[C@H]4C[C@H](Br)[C@@H](Br)C[C@H]4C3=O)cc2)cc1. The molecule has 160 valence electrons. The third kappa shape index (κ3) is 4.16. The number of carbonyl (C=O) groups is 4. The largest absolute Gasteiger partial charge is 0.478 e. The third-order valence-electron chi connectivity index (χ3n) is 5.69. The molecule has 1 aliphatic heterocycles. The average Bonchev–Trinajstić information content (AvgIpc) is 2.98. The van der Waals surface area contributed by atoms with Gasteiger partial charge in [-0.1, -0.05) is 31.9 Å². The van der Waals surface area contributed by atoms with Crippen LogP contribution in [0.4, 0.5) is 11.4 Å². The monoisotopic (exact) mass is 548 g/mol. The summed E-state index contributed by atoms with van der Waals surface area (Å²) in [5, 5.41) is 11.6. The van der Waals surface area contributed by atoms with E-state index in [0.29, 0.717) is 29.8 Å². The van der Waals surface area contributed by atoms with Crippen molar-refractivity contribution in [3.8, 4) is 0 Å². The molecule has 7 nitrogen and oxygen atoms in total. The fourth-order valence-electron chi connectivity index (χ4n) is 4.01. The molecule has 2 N–H and O–H groups in total. The fourth-order valence-corrected chi connectivity index (χ4v) is 5.25. The van der Waals surface area contributed by atoms with E-state index < -0.39 is 5.97 Å². The van der Waals surface area contributed by atoms with Gasteiger partial charge in [0.05, 0.1) is 23.1 Å². The zero-order valence-corrected chi connectivity index (χ0v) is 19.3. The van der Waals surface area contributed by atoms with E-state index in [1.165, 1.54) is 29.2 Å². The third-order valence-corrected chi connectivity index (χ3v) is 8.42. The van der Waals surface area contributed by atoms with Crippen LogP contribution in [0, 0.1) is 11.8 Å². The molecule has 9 heteroatoms. The lowest BCUT2D eigenvalue weighted by atomic mass is 9.81. The first-order valence-electron chi connectivity index (χ1n) is 9.67. The van der Waals surface area contributed by atoms with E-state index in [1.807, 2.05) is 0 Å². The number of fused-ring (bicyclic) bond motifs is 1. The summed E-state index contributed by atoms with van der Waals surface area (Å²) in [5.41, 5.74) is 1.38. The number of carboxylic acids is 1. The van der Waals surface area contributed by atoms with E-state index in [9.17, 15) is 19.2 Å². The van der Waals surface area contributed by atoms with E-state index in [4.69, 9.17) is 5.11 Å². The van der Waals surface area contributed by atoms with Crippen molar-refractivity contribution in [3.63, 3.8) is 0 Å². The molecule has 31 heavy (non-hydrogen) atoms. The van der Waals surface area contributed by atoms with Crippen LogP contribution in [-0.4, -0.2) is 38.5 Å². The molecule has 2 aromatic carbocycles. The van der Waals surface area contributed by atoms with Gasteiger partial charge in [0.15, 0.2) is 0 Å². The van der Waals surface area contributed by atoms with Crippen LogP contribution in [0.15, 0.2) is 48.5 Å². The topological polar surface area (TPSA) is 104 Å². The average molecular weight is 550 g/mol. The van der Waals surface area contributed by atoms with E-state index in [-0.39, 0.29) is 44.8 Å². The predicted octanol–water partition coefficient (Wildman–Crippen LogP) is 4.06. The molecule has 2 aliphatic rings. The van der Waals surface area contributed by atoms with Gasteiger partial charge in [-0.15, -0.1) is 0 Å². The number of amides is 3. The van der Waals surface area contributed by atoms with Crippen LogP contribution in [0.5, 0.6) is 0 Å². The van der Waals surface area contributed by atoms with Crippen LogP contribution in [-0.2, 0) is 9.59 Å². The maximum atomic E-state index is 12.9. The summed E-state index contributed by atoms with van der Waals surface area (Å²) < 4.78 is 0. The summed E-state index contributed by atoms with van der Waals surface area (Å²) in [6.07, 6.45) is 1.20. The van der Waals surface area contributed by atoms with Crippen molar-refractivity contribution >= 4 is 66.9 Å². The second-order valence-corrected chi connectivity index (χ2v) is 9.96. The minimum Gasteiger partial charge on any atom is -0.478 e. The lowest BCUT2D eigenvalue weighted by Crippen LogP contribution is -2.34. The Balaban J connectivity index is 1.48. The summed E-state index contributed by atoms with van der Waals surface area (Å²) in [7, 11) is 0. The number of carboxylic acid groups (broad SMARTS) is 1. The molecule has 1 saturated heterocycles. The molecule has 0 unspecified atom stereocenters. The molecule has 2 fully saturated rings. The summed E-state index contributed by atoms with van der Waals surface area (Å²) in [6, 6.07) is 12.1. The van der Waals surface area contributed by atoms with Gasteiger partial charge in [0.1, 0.15) is 0 Å².